The molecule has 3 aromatic rings. The number of nitrogens with two attached hydrogens (primary N) is 1. The van der Waals surface area contributed by atoms with Gasteiger partial charge in [0.15, 0.2) is 4.96 Å². The van der Waals surface area contributed by atoms with Crippen molar-refractivity contribution in [2.45, 2.75) is 12.8 Å². The largest absolute Gasteiger partial charge is 0.330 e. The van der Waals surface area contributed by atoms with Crippen molar-refractivity contribution in [1.29, 1.82) is 0 Å². The van der Waals surface area contributed by atoms with Crippen molar-refractivity contribution in [2.24, 2.45) is 5.73 Å². The fourth-order valence-electron chi connectivity index (χ4n) is 2.18. The Morgan fingerprint density at radius 3 is 2.79 bits per heavy atom. The maximum Gasteiger partial charge on any atom is 0.194 e. The Labute approximate surface area is 120 Å². The molecule has 0 atom stereocenters. The Morgan fingerprint density at radius 2 is 2.05 bits per heavy atom. The van der Waals surface area contributed by atoms with E-state index in [2.05, 4.69) is 16.0 Å². The number of imidazole rings is 1. The van der Waals surface area contributed by atoms with Gasteiger partial charge in [0, 0.05) is 22.2 Å². The van der Waals surface area contributed by atoms with Crippen molar-refractivity contribution in [3.05, 3.63) is 46.6 Å². The molecule has 0 aliphatic rings. The van der Waals surface area contributed by atoms with Gasteiger partial charge in [-0.15, -0.1) is 11.3 Å². The Bertz CT molecular complexity index is 684. The fourth-order valence-corrected chi connectivity index (χ4v) is 3.04. The van der Waals surface area contributed by atoms with E-state index in [-0.39, 0.29) is 0 Å². The minimum absolute atomic E-state index is 0.692. The van der Waals surface area contributed by atoms with Crippen LogP contribution in [0.2, 0.25) is 5.02 Å². The Hall–Kier alpha value is -1.36. The molecule has 5 heteroatoms. The highest BCUT2D eigenvalue weighted by Crippen LogP contribution is 2.28. The fraction of sp³-hybridized carbons (Fsp3) is 0.214. The predicted molar refractivity (Wildman–Crippen MR) is 80.9 cm³/mol. The molecule has 0 saturated carbocycles. The molecule has 3 nitrogen and oxygen atoms in total. The van der Waals surface area contributed by atoms with E-state index in [0.29, 0.717) is 6.54 Å². The summed E-state index contributed by atoms with van der Waals surface area (Å²) in [5.74, 6) is 0. The first-order valence-electron chi connectivity index (χ1n) is 6.20. The van der Waals surface area contributed by atoms with Crippen molar-refractivity contribution in [3.8, 4) is 11.3 Å². The third-order valence-electron chi connectivity index (χ3n) is 3.10. The molecular weight excluding hydrogens is 278 g/mol. The van der Waals surface area contributed by atoms with Gasteiger partial charge in [-0.05, 0) is 31.5 Å². The molecule has 0 aliphatic heterocycles. The normalized spacial score (nSPS) is 11.3. The van der Waals surface area contributed by atoms with E-state index in [9.17, 15) is 0 Å². The van der Waals surface area contributed by atoms with E-state index in [4.69, 9.17) is 22.3 Å². The lowest BCUT2D eigenvalue weighted by Gasteiger charge is -2.04. The molecular formula is C14H14ClN3S. The van der Waals surface area contributed by atoms with Crippen LogP contribution in [0, 0.1) is 0 Å². The third-order valence-corrected chi connectivity index (χ3v) is 4.10. The summed E-state index contributed by atoms with van der Waals surface area (Å²) >= 11 is 7.59. The minimum Gasteiger partial charge on any atom is -0.330 e. The van der Waals surface area contributed by atoms with Crippen LogP contribution in [-0.2, 0) is 6.42 Å². The van der Waals surface area contributed by atoms with Gasteiger partial charge in [0.05, 0.1) is 11.4 Å². The number of rotatable bonds is 4. The second-order valence-corrected chi connectivity index (χ2v) is 5.67. The molecule has 0 radical (unpaired) electrons. The van der Waals surface area contributed by atoms with Crippen LogP contribution in [0.4, 0.5) is 0 Å². The summed E-state index contributed by atoms with van der Waals surface area (Å²) in [5, 5.41) is 2.80. The van der Waals surface area contributed by atoms with Crippen molar-refractivity contribution in [1.82, 2.24) is 9.38 Å². The summed E-state index contributed by atoms with van der Waals surface area (Å²) in [6.07, 6.45) is 3.97. The maximum atomic E-state index is 5.94. The first kappa shape index (κ1) is 12.7. The summed E-state index contributed by atoms with van der Waals surface area (Å²) in [5.41, 5.74) is 9.00. The van der Waals surface area contributed by atoms with Crippen LogP contribution in [0.1, 0.15) is 12.1 Å². The predicted octanol–water partition coefficient (Wildman–Crippen LogP) is 3.61. The van der Waals surface area contributed by atoms with E-state index in [0.717, 1.165) is 34.1 Å². The van der Waals surface area contributed by atoms with Crippen LogP contribution >= 0.6 is 22.9 Å². The molecule has 0 saturated heterocycles. The molecule has 2 heterocycles. The Kier molecular flexibility index (Phi) is 3.55. The van der Waals surface area contributed by atoms with E-state index >= 15 is 0 Å². The number of fused-ring (bicyclic) bond motifs is 1. The zero-order chi connectivity index (χ0) is 13.2. The van der Waals surface area contributed by atoms with Crippen LogP contribution in [0.5, 0.6) is 0 Å². The molecule has 0 spiro atoms. The molecule has 2 aromatic heterocycles. The summed E-state index contributed by atoms with van der Waals surface area (Å²) < 4.78 is 2.16. The van der Waals surface area contributed by atoms with Gasteiger partial charge in [0.2, 0.25) is 0 Å². The van der Waals surface area contributed by atoms with Gasteiger partial charge in [-0.2, -0.15) is 0 Å². The summed E-state index contributed by atoms with van der Waals surface area (Å²) in [6.45, 7) is 0.692. The molecule has 19 heavy (non-hydrogen) atoms. The Balaban J connectivity index is 2.10. The zero-order valence-corrected chi connectivity index (χ0v) is 11.9. The van der Waals surface area contributed by atoms with Crippen LogP contribution in [-0.4, -0.2) is 15.9 Å². The summed E-state index contributed by atoms with van der Waals surface area (Å²) in [4.78, 5) is 5.75. The monoisotopic (exact) mass is 291 g/mol. The van der Waals surface area contributed by atoms with Crippen LogP contribution in [0.15, 0.2) is 35.8 Å². The smallest absolute Gasteiger partial charge is 0.194 e. The number of aryl methyl sites for hydroxylation is 1. The van der Waals surface area contributed by atoms with Gasteiger partial charge >= 0.3 is 0 Å². The quantitative estimate of drug-likeness (QED) is 0.798. The average Bonchev–Trinajstić information content (AvgIpc) is 2.98. The van der Waals surface area contributed by atoms with Crippen molar-refractivity contribution >= 4 is 27.9 Å². The molecule has 0 aliphatic carbocycles. The minimum atomic E-state index is 0.692. The van der Waals surface area contributed by atoms with E-state index in [1.165, 1.54) is 5.69 Å². The number of nitrogens with zero attached hydrogens (tertiary/aromatic N) is 2. The van der Waals surface area contributed by atoms with Crippen molar-refractivity contribution in [2.75, 3.05) is 6.54 Å². The lowest BCUT2D eigenvalue weighted by Crippen LogP contribution is -2.02. The molecule has 0 fully saturated rings. The topological polar surface area (TPSA) is 43.3 Å². The van der Waals surface area contributed by atoms with Crippen LogP contribution < -0.4 is 5.73 Å². The average molecular weight is 292 g/mol. The van der Waals surface area contributed by atoms with Gasteiger partial charge in [-0.3, -0.25) is 4.40 Å². The van der Waals surface area contributed by atoms with Gasteiger partial charge in [0.1, 0.15) is 0 Å². The molecule has 98 valence electrons. The van der Waals surface area contributed by atoms with Crippen molar-refractivity contribution < 1.29 is 0 Å². The van der Waals surface area contributed by atoms with Crippen molar-refractivity contribution in [3.63, 3.8) is 0 Å². The summed E-state index contributed by atoms with van der Waals surface area (Å²) in [7, 11) is 0. The van der Waals surface area contributed by atoms with Gasteiger partial charge in [0.25, 0.3) is 0 Å². The lowest BCUT2D eigenvalue weighted by atomic mass is 10.1. The second kappa shape index (κ2) is 5.33. The number of thiazole rings is 1. The molecule has 0 amide bonds. The number of benzene rings is 1. The van der Waals surface area contributed by atoms with Gasteiger partial charge in [-0.25, -0.2) is 4.98 Å². The first-order chi connectivity index (χ1) is 9.29. The molecule has 2 N–H and O–H groups in total. The highest BCUT2D eigenvalue weighted by molar-refractivity contribution is 7.15. The number of hydrogen-bond donors (Lipinski definition) is 1. The van der Waals surface area contributed by atoms with E-state index < -0.39 is 0 Å². The number of halogens is 1. The van der Waals surface area contributed by atoms with E-state index in [1.807, 2.05) is 24.3 Å². The third kappa shape index (κ3) is 2.39. The second-order valence-electron chi connectivity index (χ2n) is 4.36. The first-order valence-corrected chi connectivity index (χ1v) is 7.46. The molecule has 1 aromatic carbocycles. The zero-order valence-electron chi connectivity index (χ0n) is 10.3. The Morgan fingerprint density at radius 1 is 1.26 bits per heavy atom. The highest BCUT2D eigenvalue weighted by atomic mass is 35.5. The lowest BCUT2D eigenvalue weighted by molar-refractivity contribution is 0.805. The summed E-state index contributed by atoms with van der Waals surface area (Å²) in [6, 6.07) is 7.83. The highest BCUT2D eigenvalue weighted by Gasteiger charge is 2.14. The molecule has 3 rings (SSSR count). The maximum absolute atomic E-state index is 5.94. The van der Waals surface area contributed by atoms with E-state index in [1.54, 1.807) is 11.3 Å². The molecule has 0 bridgehead atoms. The van der Waals surface area contributed by atoms with Crippen LogP contribution in [0.3, 0.4) is 0 Å². The van der Waals surface area contributed by atoms with Gasteiger partial charge < -0.3 is 5.73 Å². The standard InChI is InChI=1S/C14H14ClN3S/c15-11-5-3-10(4-6-11)13-12(2-1-7-16)18-8-9-19-14(18)17-13/h3-6,8-9H,1-2,7,16H2. The SMILES string of the molecule is NCCCc1c(-c2ccc(Cl)cc2)nc2sccn12. The molecule has 0 unspecified atom stereocenters. The van der Waals surface area contributed by atoms with Gasteiger partial charge in [-0.1, -0.05) is 23.7 Å². The van der Waals surface area contributed by atoms with Crippen LogP contribution in [0.25, 0.3) is 16.2 Å². The number of hydrogen-bond acceptors (Lipinski definition) is 3. The number of aromatic nitrogens is 2.